The van der Waals surface area contributed by atoms with Gasteiger partial charge in [0.1, 0.15) is 0 Å². The number of allylic oxidation sites excluding steroid dienone is 1. The van der Waals surface area contributed by atoms with Crippen LogP contribution in [0.5, 0.6) is 0 Å². The lowest BCUT2D eigenvalue weighted by Crippen LogP contribution is -2.31. The maximum Gasteiger partial charge on any atom is 0.0366 e. The first-order chi connectivity index (χ1) is 8.79. The summed E-state index contributed by atoms with van der Waals surface area (Å²) in [6.07, 6.45) is 3.48. The molecule has 1 saturated heterocycles. The van der Waals surface area contributed by atoms with Crippen LogP contribution in [0.15, 0.2) is 42.0 Å². The van der Waals surface area contributed by atoms with Crippen LogP contribution in [0.25, 0.3) is 0 Å². The van der Waals surface area contributed by atoms with Crippen LogP contribution < -0.4 is 4.90 Å². The highest BCUT2D eigenvalue weighted by Gasteiger charge is 2.14. The van der Waals surface area contributed by atoms with Crippen molar-refractivity contribution >= 4 is 5.69 Å². The molecule has 1 fully saturated rings. The Kier molecular flexibility index (Phi) is 4.82. The van der Waals surface area contributed by atoms with E-state index in [1.165, 1.54) is 37.3 Å². The number of anilines is 1. The molecule has 0 aromatic heterocycles. The van der Waals surface area contributed by atoms with E-state index in [-0.39, 0.29) is 0 Å². The van der Waals surface area contributed by atoms with Crippen LogP contribution in [0.1, 0.15) is 20.3 Å². The maximum absolute atomic E-state index is 2.57. The molecule has 0 bridgehead atoms. The normalized spacial score (nSPS) is 18.8. The second-order valence-corrected chi connectivity index (χ2v) is 5.09. The molecule has 1 aromatic carbocycles. The van der Waals surface area contributed by atoms with Crippen molar-refractivity contribution in [3.63, 3.8) is 0 Å². The summed E-state index contributed by atoms with van der Waals surface area (Å²) in [4.78, 5) is 5.07. The molecule has 0 atom stereocenters. The van der Waals surface area contributed by atoms with Gasteiger partial charge in [0.05, 0.1) is 0 Å². The van der Waals surface area contributed by atoms with E-state index in [4.69, 9.17) is 0 Å². The number of hydrogen-bond donors (Lipinski definition) is 0. The lowest BCUT2D eigenvalue weighted by molar-refractivity contribution is 0.318. The van der Waals surface area contributed by atoms with E-state index in [1.807, 2.05) is 0 Å². The van der Waals surface area contributed by atoms with E-state index in [1.54, 1.807) is 0 Å². The molecule has 0 amide bonds. The molecule has 0 N–H and O–H groups in total. The van der Waals surface area contributed by atoms with Gasteiger partial charge in [0.2, 0.25) is 0 Å². The van der Waals surface area contributed by atoms with E-state index in [0.29, 0.717) is 0 Å². The molecule has 18 heavy (non-hydrogen) atoms. The number of para-hydroxylation sites is 1. The first-order valence-corrected chi connectivity index (χ1v) is 6.94. The summed E-state index contributed by atoms with van der Waals surface area (Å²) in [7, 11) is 0. The highest BCUT2D eigenvalue weighted by Crippen LogP contribution is 2.16. The van der Waals surface area contributed by atoms with Crippen molar-refractivity contribution in [1.82, 2.24) is 4.90 Å². The Balaban J connectivity index is 1.93. The van der Waals surface area contributed by atoms with Gasteiger partial charge >= 0.3 is 0 Å². The fourth-order valence-electron chi connectivity index (χ4n) is 2.47. The minimum absolute atomic E-state index is 1.12. The molecular formula is C16H24N2. The Hall–Kier alpha value is -1.28. The highest BCUT2D eigenvalue weighted by molar-refractivity contribution is 5.46. The predicted molar refractivity (Wildman–Crippen MR) is 79.1 cm³/mol. The Morgan fingerprint density at radius 3 is 2.61 bits per heavy atom. The van der Waals surface area contributed by atoms with Crippen molar-refractivity contribution in [3.8, 4) is 0 Å². The topological polar surface area (TPSA) is 6.48 Å². The Morgan fingerprint density at radius 2 is 1.89 bits per heavy atom. The van der Waals surface area contributed by atoms with Crippen LogP contribution in [-0.4, -0.2) is 37.6 Å². The van der Waals surface area contributed by atoms with Gasteiger partial charge in [-0.1, -0.05) is 29.8 Å². The molecule has 2 rings (SSSR count). The summed E-state index contributed by atoms with van der Waals surface area (Å²) in [5.41, 5.74) is 2.84. The van der Waals surface area contributed by atoms with Gasteiger partial charge in [-0.2, -0.15) is 0 Å². The monoisotopic (exact) mass is 244 g/mol. The third-order valence-corrected chi connectivity index (χ3v) is 3.68. The van der Waals surface area contributed by atoms with Crippen LogP contribution in [-0.2, 0) is 0 Å². The molecule has 0 spiro atoms. The van der Waals surface area contributed by atoms with Gasteiger partial charge in [0.15, 0.2) is 0 Å². The Bertz CT molecular complexity index is 383. The summed E-state index contributed by atoms with van der Waals surface area (Å²) in [6, 6.07) is 10.8. The van der Waals surface area contributed by atoms with Crippen molar-refractivity contribution in [2.45, 2.75) is 20.3 Å². The van der Waals surface area contributed by atoms with E-state index in [2.05, 4.69) is 60.1 Å². The average molecular weight is 244 g/mol. The van der Waals surface area contributed by atoms with E-state index < -0.39 is 0 Å². The largest absolute Gasteiger partial charge is 0.370 e. The fraction of sp³-hybridized carbons (Fsp3) is 0.500. The molecule has 0 unspecified atom stereocenters. The molecule has 2 heteroatoms. The van der Waals surface area contributed by atoms with Crippen LogP contribution in [0, 0.1) is 0 Å². The third kappa shape index (κ3) is 3.61. The summed E-state index contributed by atoms with van der Waals surface area (Å²) in [6.45, 7) is 10.2. The van der Waals surface area contributed by atoms with Crippen molar-refractivity contribution in [1.29, 1.82) is 0 Å². The number of rotatable bonds is 3. The third-order valence-electron chi connectivity index (χ3n) is 3.68. The number of benzene rings is 1. The van der Waals surface area contributed by atoms with Crippen molar-refractivity contribution in [2.24, 2.45) is 0 Å². The van der Waals surface area contributed by atoms with Crippen LogP contribution in [0.4, 0.5) is 5.69 Å². The molecule has 0 aliphatic carbocycles. The van der Waals surface area contributed by atoms with Crippen LogP contribution >= 0.6 is 0 Å². The molecule has 1 aromatic rings. The van der Waals surface area contributed by atoms with Gasteiger partial charge in [-0.3, -0.25) is 4.90 Å². The quantitative estimate of drug-likeness (QED) is 0.754. The molecule has 2 nitrogen and oxygen atoms in total. The van der Waals surface area contributed by atoms with Gasteiger partial charge in [-0.25, -0.2) is 0 Å². The molecule has 1 aliphatic rings. The van der Waals surface area contributed by atoms with Crippen molar-refractivity contribution in [2.75, 3.05) is 37.6 Å². The summed E-state index contributed by atoms with van der Waals surface area (Å²) >= 11 is 0. The highest BCUT2D eigenvalue weighted by atomic mass is 15.2. The van der Waals surface area contributed by atoms with E-state index in [0.717, 1.165) is 13.1 Å². The Morgan fingerprint density at radius 1 is 1.11 bits per heavy atom. The first kappa shape index (κ1) is 13.2. The van der Waals surface area contributed by atoms with E-state index >= 15 is 0 Å². The lowest BCUT2D eigenvalue weighted by atomic mass is 10.2. The van der Waals surface area contributed by atoms with Gasteiger partial charge < -0.3 is 4.90 Å². The van der Waals surface area contributed by atoms with Crippen molar-refractivity contribution in [3.05, 3.63) is 42.0 Å². The van der Waals surface area contributed by atoms with Gasteiger partial charge in [0.25, 0.3) is 0 Å². The van der Waals surface area contributed by atoms with Gasteiger partial charge in [-0.15, -0.1) is 0 Å². The predicted octanol–water partition coefficient (Wildman–Crippen LogP) is 3.16. The summed E-state index contributed by atoms with van der Waals surface area (Å²) in [5, 5.41) is 0. The zero-order valence-electron chi connectivity index (χ0n) is 11.6. The Labute approximate surface area is 111 Å². The number of nitrogens with zero attached hydrogens (tertiary/aromatic N) is 2. The number of hydrogen-bond acceptors (Lipinski definition) is 2. The second-order valence-electron chi connectivity index (χ2n) is 5.09. The molecule has 1 aliphatic heterocycles. The molecular weight excluding hydrogens is 220 g/mol. The average Bonchev–Trinajstić information content (AvgIpc) is 2.65. The fourth-order valence-corrected chi connectivity index (χ4v) is 2.47. The zero-order chi connectivity index (χ0) is 12.8. The van der Waals surface area contributed by atoms with Gasteiger partial charge in [-0.05, 0) is 32.4 Å². The van der Waals surface area contributed by atoms with Crippen molar-refractivity contribution < 1.29 is 0 Å². The second kappa shape index (κ2) is 6.60. The lowest BCUT2D eigenvalue weighted by Gasteiger charge is -2.23. The standard InChI is InChI=1S/C16H24N2/c1-3-15(2)14-17-10-7-11-18(13-12-17)16-8-5-4-6-9-16/h3-6,8-9H,7,10-14H2,1-2H3/b15-3+. The summed E-state index contributed by atoms with van der Waals surface area (Å²) in [5.74, 6) is 0. The minimum atomic E-state index is 1.12. The first-order valence-electron chi connectivity index (χ1n) is 6.94. The maximum atomic E-state index is 2.57. The summed E-state index contributed by atoms with van der Waals surface area (Å²) < 4.78 is 0. The molecule has 0 radical (unpaired) electrons. The zero-order valence-corrected chi connectivity index (χ0v) is 11.6. The molecule has 1 heterocycles. The SMILES string of the molecule is C/C=C(\C)CN1CCCN(c2ccccc2)CC1. The van der Waals surface area contributed by atoms with E-state index in [9.17, 15) is 0 Å². The minimum Gasteiger partial charge on any atom is -0.370 e. The van der Waals surface area contributed by atoms with Gasteiger partial charge in [0, 0.05) is 38.4 Å². The van der Waals surface area contributed by atoms with Crippen LogP contribution in [0.2, 0.25) is 0 Å². The molecule has 0 saturated carbocycles. The molecule has 98 valence electrons. The van der Waals surface area contributed by atoms with Crippen LogP contribution in [0.3, 0.4) is 0 Å². The smallest absolute Gasteiger partial charge is 0.0366 e.